The molecule has 0 aliphatic carbocycles. The maximum absolute atomic E-state index is 11.7. The van der Waals surface area contributed by atoms with Crippen LogP contribution in [0.4, 0.5) is 0 Å². The molecule has 2 rings (SSSR count). The van der Waals surface area contributed by atoms with Gasteiger partial charge in [-0.25, -0.2) is 4.79 Å². The molecule has 6 nitrogen and oxygen atoms in total. The van der Waals surface area contributed by atoms with E-state index in [0.717, 1.165) is 4.88 Å². The van der Waals surface area contributed by atoms with Crippen LogP contribution in [0.1, 0.15) is 10.4 Å². The number of carbonyl (C=O) groups is 1. The van der Waals surface area contributed by atoms with E-state index in [1.807, 2.05) is 17.5 Å². The van der Waals surface area contributed by atoms with Crippen LogP contribution in [0.3, 0.4) is 0 Å². The normalized spacial score (nSPS) is 11.0. The first-order valence-corrected chi connectivity index (χ1v) is 7.82. The molecule has 126 valence electrons. The molecule has 0 saturated carbocycles. The molecule has 1 heterocycles. The van der Waals surface area contributed by atoms with Crippen LogP contribution in [0.15, 0.2) is 40.9 Å². The van der Waals surface area contributed by atoms with Gasteiger partial charge in [-0.3, -0.25) is 0 Å². The molecule has 0 N–H and O–H groups in total. The molecule has 0 saturated heterocycles. The Kier molecular flexibility index (Phi) is 6.39. The van der Waals surface area contributed by atoms with Crippen LogP contribution in [0, 0.1) is 0 Å². The molecule has 1 aromatic heterocycles. The number of rotatable bonds is 7. The average molecular weight is 347 g/mol. The van der Waals surface area contributed by atoms with Crippen LogP contribution in [0.5, 0.6) is 17.2 Å². The zero-order valence-electron chi connectivity index (χ0n) is 13.5. The fraction of sp³-hybridized carbons (Fsp3) is 0.176. The molecular weight excluding hydrogens is 330 g/mol. The van der Waals surface area contributed by atoms with Crippen molar-refractivity contribution in [3.05, 3.63) is 46.2 Å². The number of benzene rings is 1. The minimum atomic E-state index is -0.587. The van der Waals surface area contributed by atoms with Crippen LogP contribution >= 0.6 is 11.3 Å². The van der Waals surface area contributed by atoms with E-state index in [4.69, 9.17) is 19.0 Å². The quantitative estimate of drug-likeness (QED) is 0.332. The van der Waals surface area contributed by atoms with Gasteiger partial charge in [0.15, 0.2) is 11.5 Å². The van der Waals surface area contributed by atoms with E-state index in [2.05, 4.69) is 5.16 Å². The van der Waals surface area contributed by atoms with Gasteiger partial charge in [-0.1, -0.05) is 11.2 Å². The van der Waals surface area contributed by atoms with Gasteiger partial charge in [-0.2, -0.15) is 0 Å². The monoisotopic (exact) mass is 347 g/mol. The zero-order chi connectivity index (χ0) is 17.4. The van der Waals surface area contributed by atoms with Gasteiger partial charge < -0.3 is 19.0 Å². The number of hydrogen-bond donors (Lipinski definition) is 0. The lowest BCUT2D eigenvalue weighted by atomic mass is 10.1. The van der Waals surface area contributed by atoms with Crippen LogP contribution in [0.25, 0.3) is 6.08 Å². The largest absolute Gasteiger partial charge is 0.493 e. The number of carbonyl (C=O) groups excluding carboxylic acids is 1. The lowest BCUT2D eigenvalue weighted by Gasteiger charge is -2.12. The van der Waals surface area contributed by atoms with Crippen LogP contribution < -0.4 is 14.2 Å². The molecule has 0 aliphatic heterocycles. The molecule has 7 heteroatoms. The molecule has 24 heavy (non-hydrogen) atoms. The van der Waals surface area contributed by atoms with Crippen molar-refractivity contribution in [2.45, 2.75) is 0 Å². The second-order valence-electron chi connectivity index (χ2n) is 4.45. The minimum Gasteiger partial charge on any atom is -0.493 e. The van der Waals surface area contributed by atoms with E-state index in [0.29, 0.717) is 22.8 Å². The molecule has 0 fully saturated rings. The van der Waals surface area contributed by atoms with Crippen molar-refractivity contribution < 1.29 is 23.8 Å². The average Bonchev–Trinajstić information content (AvgIpc) is 3.12. The van der Waals surface area contributed by atoms with E-state index >= 15 is 0 Å². The topological polar surface area (TPSA) is 66.4 Å². The molecule has 0 bridgehead atoms. The van der Waals surface area contributed by atoms with Gasteiger partial charge >= 0.3 is 5.97 Å². The molecule has 0 aliphatic rings. The summed E-state index contributed by atoms with van der Waals surface area (Å²) < 4.78 is 15.8. The van der Waals surface area contributed by atoms with E-state index < -0.39 is 5.97 Å². The highest BCUT2D eigenvalue weighted by Crippen LogP contribution is 2.38. The first-order valence-electron chi connectivity index (χ1n) is 6.94. The Morgan fingerprint density at radius 3 is 2.38 bits per heavy atom. The van der Waals surface area contributed by atoms with Crippen molar-refractivity contribution in [1.29, 1.82) is 0 Å². The van der Waals surface area contributed by atoms with Crippen LogP contribution in [-0.4, -0.2) is 33.5 Å². The molecular formula is C17H17NO5S. The summed E-state index contributed by atoms with van der Waals surface area (Å²) in [5.74, 6) is 0.901. The number of hydrogen-bond acceptors (Lipinski definition) is 7. The number of ether oxygens (including phenoxy) is 3. The third kappa shape index (κ3) is 4.60. The van der Waals surface area contributed by atoms with E-state index in [1.54, 1.807) is 18.2 Å². The summed E-state index contributed by atoms with van der Waals surface area (Å²) in [6, 6.07) is 7.20. The van der Waals surface area contributed by atoms with Crippen molar-refractivity contribution in [2.24, 2.45) is 5.16 Å². The third-order valence-electron chi connectivity index (χ3n) is 2.96. The van der Waals surface area contributed by atoms with Gasteiger partial charge in [0.25, 0.3) is 0 Å². The summed E-state index contributed by atoms with van der Waals surface area (Å²) in [5, 5.41) is 5.55. The fourth-order valence-electron chi connectivity index (χ4n) is 1.89. The second-order valence-corrected chi connectivity index (χ2v) is 5.43. The first kappa shape index (κ1) is 17.6. The van der Waals surface area contributed by atoms with Gasteiger partial charge in [-0.15, -0.1) is 11.3 Å². The number of nitrogens with zero attached hydrogens (tertiary/aromatic N) is 1. The summed E-state index contributed by atoms with van der Waals surface area (Å²) in [7, 11) is 4.58. The maximum atomic E-state index is 11.7. The van der Waals surface area contributed by atoms with Gasteiger partial charge in [0.1, 0.15) is 0 Å². The standard InChI is InChI=1S/C17H17NO5S/c1-20-14-9-12(10-15(21-2)17(14)22-3)6-7-16(19)23-18-11-13-5-4-8-24-13/h4-11H,1-3H3/b7-6+,18-11+. The Bertz CT molecular complexity index is 712. The van der Waals surface area contributed by atoms with Gasteiger partial charge in [0.05, 0.1) is 27.5 Å². The predicted molar refractivity (Wildman–Crippen MR) is 93.1 cm³/mol. The van der Waals surface area contributed by atoms with Crippen molar-refractivity contribution in [3.8, 4) is 17.2 Å². The van der Waals surface area contributed by atoms with E-state index in [1.165, 1.54) is 45.0 Å². The van der Waals surface area contributed by atoms with Crippen LogP contribution in [-0.2, 0) is 9.63 Å². The Morgan fingerprint density at radius 2 is 1.83 bits per heavy atom. The second kappa shape index (κ2) is 8.73. The highest BCUT2D eigenvalue weighted by molar-refractivity contribution is 7.11. The number of oxime groups is 1. The summed E-state index contributed by atoms with van der Waals surface area (Å²) in [6.07, 6.45) is 4.33. The molecule has 0 radical (unpaired) electrons. The van der Waals surface area contributed by atoms with Crippen LogP contribution in [0.2, 0.25) is 0 Å². The maximum Gasteiger partial charge on any atom is 0.358 e. The van der Waals surface area contributed by atoms with Crippen molar-refractivity contribution >= 4 is 29.6 Å². The van der Waals surface area contributed by atoms with Crippen molar-refractivity contribution in [2.75, 3.05) is 21.3 Å². The summed E-state index contributed by atoms with van der Waals surface area (Å²) >= 11 is 1.50. The molecule has 0 atom stereocenters. The zero-order valence-corrected chi connectivity index (χ0v) is 14.3. The predicted octanol–water partition coefficient (Wildman–Crippen LogP) is 3.36. The van der Waals surface area contributed by atoms with Crippen molar-refractivity contribution in [1.82, 2.24) is 0 Å². The molecule has 2 aromatic rings. The smallest absolute Gasteiger partial charge is 0.358 e. The lowest BCUT2D eigenvalue weighted by Crippen LogP contribution is -1.96. The molecule has 0 amide bonds. The Labute approximate surface area is 143 Å². The van der Waals surface area contributed by atoms with Gasteiger partial charge in [0.2, 0.25) is 5.75 Å². The minimum absolute atomic E-state index is 0.486. The highest BCUT2D eigenvalue weighted by atomic mass is 32.1. The lowest BCUT2D eigenvalue weighted by molar-refractivity contribution is -0.137. The summed E-state index contributed by atoms with van der Waals surface area (Å²) in [5.41, 5.74) is 0.698. The fourth-order valence-corrected chi connectivity index (χ4v) is 2.46. The Balaban J connectivity index is 2.06. The number of thiophene rings is 1. The van der Waals surface area contributed by atoms with Gasteiger partial charge in [0, 0.05) is 11.0 Å². The molecule has 0 unspecified atom stereocenters. The Hall–Kier alpha value is -2.80. The highest BCUT2D eigenvalue weighted by Gasteiger charge is 2.12. The Morgan fingerprint density at radius 1 is 1.12 bits per heavy atom. The van der Waals surface area contributed by atoms with E-state index in [-0.39, 0.29) is 0 Å². The number of methoxy groups -OCH3 is 3. The third-order valence-corrected chi connectivity index (χ3v) is 3.77. The van der Waals surface area contributed by atoms with E-state index in [9.17, 15) is 4.79 Å². The molecule has 0 spiro atoms. The van der Waals surface area contributed by atoms with Gasteiger partial charge in [-0.05, 0) is 35.2 Å². The summed E-state index contributed by atoms with van der Waals surface area (Å²) in [6.45, 7) is 0. The SMILES string of the molecule is COc1cc(/C=C/C(=O)O/N=C/c2cccs2)cc(OC)c1OC. The van der Waals surface area contributed by atoms with Crippen molar-refractivity contribution in [3.63, 3.8) is 0 Å². The summed E-state index contributed by atoms with van der Waals surface area (Å²) in [4.78, 5) is 17.3. The first-order chi connectivity index (χ1) is 11.7. The molecule has 1 aromatic carbocycles.